The molecule has 0 saturated carbocycles. The van der Waals surface area contributed by atoms with Crippen molar-refractivity contribution in [3.8, 4) is 16.8 Å². The molecule has 0 aliphatic carbocycles. The molecule has 11 heteroatoms. The van der Waals surface area contributed by atoms with Crippen molar-refractivity contribution < 1.29 is 4.79 Å². The molecule has 0 bridgehead atoms. The van der Waals surface area contributed by atoms with E-state index in [1.807, 2.05) is 48.7 Å². The lowest BCUT2D eigenvalue weighted by molar-refractivity contribution is 0.102. The normalized spacial score (nSPS) is 13.7. The maximum Gasteiger partial charge on any atom is 0.268 e. The zero-order chi connectivity index (χ0) is 32.1. The Hall–Kier alpha value is -5.29. The number of hydrogen-bond donors (Lipinski definition) is 4. The molecule has 5 aromatic rings. The first kappa shape index (κ1) is 31.1. The third-order valence-corrected chi connectivity index (χ3v) is 8.04. The van der Waals surface area contributed by atoms with Gasteiger partial charge in [0, 0.05) is 46.9 Å². The first-order valence-electron chi connectivity index (χ1n) is 15.2. The molecule has 11 nitrogen and oxygen atoms in total. The molecule has 0 spiro atoms. The van der Waals surface area contributed by atoms with Crippen molar-refractivity contribution in [3.63, 3.8) is 0 Å². The fraction of sp³-hybridized carbons (Fsp3) is 0.265. The highest BCUT2D eigenvalue weighted by molar-refractivity contribution is 6.07. The van der Waals surface area contributed by atoms with Gasteiger partial charge in [-0.2, -0.15) is 5.10 Å². The van der Waals surface area contributed by atoms with Gasteiger partial charge in [-0.1, -0.05) is 44.2 Å². The van der Waals surface area contributed by atoms with Gasteiger partial charge in [0.1, 0.15) is 23.2 Å². The van der Waals surface area contributed by atoms with Crippen LogP contribution in [0.2, 0.25) is 0 Å². The van der Waals surface area contributed by atoms with Gasteiger partial charge in [0.2, 0.25) is 0 Å². The number of para-hydroxylation sites is 1. The fourth-order valence-electron chi connectivity index (χ4n) is 5.79. The van der Waals surface area contributed by atoms with Crippen molar-refractivity contribution in [1.29, 1.82) is 0 Å². The molecule has 6 rings (SSSR count). The molecule has 1 amide bonds. The highest BCUT2D eigenvalue weighted by atomic mass is 16.2. The van der Waals surface area contributed by atoms with E-state index < -0.39 is 11.5 Å². The smallest absolute Gasteiger partial charge is 0.268 e. The van der Waals surface area contributed by atoms with E-state index in [1.54, 1.807) is 38.2 Å². The van der Waals surface area contributed by atoms with E-state index >= 15 is 0 Å². The Morgan fingerprint density at radius 2 is 1.71 bits per heavy atom. The summed E-state index contributed by atoms with van der Waals surface area (Å²) in [6.07, 6.45) is 3.52. The summed E-state index contributed by atoms with van der Waals surface area (Å²) < 4.78 is 3.39. The molecule has 1 saturated heterocycles. The van der Waals surface area contributed by atoms with Crippen LogP contribution in [-0.4, -0.2) is 51.0 Å². The number of carbonyl (C=O) groups is 1. The number of nitrogen functional groups attached to an aromatic ring is 1. The van der Waals surface area contributed by atoms with Gasteiger partial charge in [0.25, 0.3) is 11.5 Å². The molecule has 0 unspecified atom stereocenters. The molecule has 4 heterocycles. The highest BCUT2D eigenvalue weighted by Crippen LogP contribution is 2.36. The summed E-state index contributed by atoms with van der Waals surface area (Å²) in [4.78, 5) is 35.4. The summed E-state index contributed by atoms with van der Waals surface area (Å²) in [6.45, 7) is 7.69. The maximum atomic E-state index is 13.6. The molecule has 1 aliphatic rings. The van der Waals surface area contributed by atoms with Gasteiger partial charge in [-0.25, -0.2) is 9.50 Å². The Morgan fingerprint density at radius 1 is 1.02 bits per heavy atom. The zero-order valence-electron chi connectivity index (χ0n) is 26.0. The molecule has 1 fully saturated rings. The Balaban J connectivity index is 0.00000196. The van der Waals surface area contributed by atoms with E-state index in [2.05, 4.69) is 31.8 Å². The third kappa shape index (κ3) is 6.07. The Bertz CT molecular complexity index is 1900. The number of nitrogens with one attached hydrogen (secondary N) is 2. The van der Waals surface area contributed by atoms with Crippen molar-refractivity contribution >= 4 is 28.8 Å². The van der Waals surface area contributed by atoms with Crippen molar-refractivity contribution in [2.24, 2.45) is 10.7 Å². The van der Waals surface area contributed by atoms with Gasteiger partial charge >= 0.3 is 0 Å². The lowest BCUT2D eigenvalue weighted by Crippen LogP contribution is -2.32. The van der Waals surface area contributed by atoms with Crippen molar-refractivity contribution in [2.45, 2.75) is 39.5 Å². The van der Waals surface area contributed by atoms with Crippen LogP contribution in [0.1, 0.15) is 59.9 Å². The average Bonchev–Trinajstić information content (AvgIpc) is 3.48. The Labute approximate surface area is 262 Å². The molecular weight excluding hydrogens is 566 g/mol. The largest absolute Gasteiger partial charge is 0.383 e. The second-order valence-electron chi connectivity index (χ2n) is 10.6. The first-order chi connectivity index (χ1) is 21.9. The zero-order valence-corrected chi connectivity index (χ0v) is 26.0. The molecule has 2 aromatic carbocycles. The minimum absolute atomic E-state index is 0.0462. The lowest BCUT2D eigenvalue weighted by Gasteiger charge is -2.22. The summed E-state index contributed by atoms with van der Waals surface area (Å²) in [7, 11) is 1.57. The molecule has 45 heavy (non-hydrogen) atoms. The van der Waals surface area contributed by atoms with Gasteiger partial charge in [-0.05, 0) is 74.8 Å². The summed E-state index contributed by atoms with van der Waals surface area (Å²) in [5.41, 5.74) is 18.0. The van der Waals surface area contributed by atoms with Crippen LogP contribution >= 0.6 is 0 Å². The van der Waals surface area contributed by atoms with E-state index in [0.717, 1.165) is 48.3 Å². The molecule has 6 N–H and O–H groups in total. The van der Waals surface area contributed by atoms with Crippen LogP contribution in [0.15, 0.2) is 82.8 Å². The van der Waals surface area contributed by atoms with E-state index in [4.69, 9.17) is 11.5 Å². The Morgan fingerprint density at radius 3 is 2.38 bits per heavy atom. The molecular formula is C34H39N9O2. The van der Waals surface area contributed by atoms with Gasteiger partial charge in [-0.3, -0.25) is 19.1 Å². The standard InChI is InChI=1S/C32H33N9O2.C2H6/c1-19-24(29(33)35-2)16-26(32(43)40(19)23-6-4-3-5-7-23)31(42)39-22-10-8-20(9-11-22)25-17-27(21-12-14-36-15-13-21)41-28(25)30(34)37-18-38-41;1-2/h3-11,16-18,21,36H,12-15H2,1-2H3,(H2,33,35)(H,39,42)(H2,34,37,38);1-2H3. The maximum absolute atomic E-state index is 13.6. The number of rotatable bonds is 6. The number of benzene rings is 2. The SMILES string of the molecule is CC.CN=C(N)c1cc(C(=O)Nc2ccc(-c3cc(C4CCNCC4)n4ncnc(N)c34)cc2)c(=O)n(-c2ccccc2)c1C. The number of anilines is 2. The molecule has 232 valence electrons. The van der Waals surface area contributed by atoms with E-state index in [1.165, 1.54) is 17.0 Å². The van der Waals surface area contributed by atoms with Crippen molar-refractivity contribution in [1.82, 2.24) is 24.5 Å². The molecule has 3 aromatic heterocycles. The van der Waals surface area contributed by atoms with Crippen LogP contribution in [0.25, 0.3) is 22.3 Å². The summed E-state index contributed by atoms with van der Waals surface area (Å²) in [5, 5.41) is 10.8. The number of fused-ring (bicyclic) bond motifs is 1. The van der Waals surface area contributed by atoms with Gasteiger partial charge in [0.05, 0.1) is 0 Å². The molecule has 0 atom stereocenters. The minimum atomic E-state index is -0.548. The van der Waals surface area contributed by atoms with E-state index in [9.17, 15) is 9.59 Å². The number of pyridine rings is 1. The fourth-order valence-corrected chi connectivity index (χ4v) is 5.79. The summed E-state index contributed by atoms with van der Waals surface area (Å²) in [6, 6.07) is 20.2. The second kappa shape index (κ2) is 13.6. The number of hydrogen-bond acceptors (Lipinski definition) is 7. The topological polar surface area (TPSA) is 158 Å². The number of nitrogens with zero attached hydrogens (tertiary/aromatic N) is 5. The number of nitrogens with two attached hydrogens (primary N) is 2. The Kier molecular flexibility index (Phi) is 9.39. The van der Waals surface area contributed by atoms with E-state index in [-0.39, 0.29) is 11.4 Å². The second-order valence-corrected chi connectivity index (χ2v) is 10.6. The number of amidine groups is 1. The number of piperidine rings is 1. The van der Waals surface area contributed by atoms with Crippen LogP contribution < -0.4 is 27.7 Å². The van der Waals surface area contributed by atoms with Crippen LogP contribution in [0, 0.1) is 6.92 Å². The minimum Gasteiger partial charge on any atom is -0.383 e. The van der Waals surface area contributed by atoms with Gasteiger partial charge < -0.3 is 22.1 Å². The molecule has 1 aliphatic heterocycles. The number of carbonyl (C=O) groups excluding carboxylic acids is 1. The monoisotopic (exact) mass is 605 g/mol. The van der Waals surface area contributed by atoms with Crippen LogP contribution in [0.3, 0.4) is 0 Å². The number of aromatic nitrogens is 4. The quantitative estimate of drug-likeness (QED) is 0.164. The van der Waals surface area contributed by atoms with Crippen LogP contribution in [0.4, 0.5) is 11.5 Å². The highest BCUT2D eigenvalue weighted by Gasteiger charge is 2.24. The number of amides is 1. The van der Waals surface area contributed by atoms with Gasteiger partial charge in [-0.15, -0.1) is 0 Å². The predicted molar refractivity (Wildman–Crippen MR) is 180 cm³/mol. The molecule has 0 radical (unpaired) electrons. The van der Waals surface area contributed by atoms with Gasteiger partial charge in [0.15, 0.2) is 5.82 Å². The first-order valence-corrected chi connectivity index (χ1v) is 15.2. The average molecular weight is 606 g/mol. The predicted octanol–water partition coefficient (Wildman–Crippen LogP) is 4.52. The van der Waals surface area contributed by atoms with Crippen LogP contribution in [0.5, 0.6) is 0 Å². The van der Waals surface area contributed by atoms with Crippen molar-refractivity contribution in [2.75, 3.05) is 31.2 Å². The summed E-state index contributed by atoms with van der Waals surface area (Å²) >= 11 is 0. The third-order valence-electron chi connectivity index (χ3n) is 8.04. The van der Waals surface area contributed by atoms with Crippen LogP contribution in [-0.2, 0) is 0 Å². The summed E-state index contributed by atoms with van der Waals surface area (Å²) in [5.74, 6) is 0.448. The van der Waals surface area contributed by atoms with E-state index in [0.29, 0.717) is 34.4 Å². The number of aliphatic imine (C=N–C) groups is 1. The van der Waals surface area contributed by atoms with Crippen molar-refractivity contribution in [3.05, 3.63) is 106 Å². The lowest BCUT2D eigenvalue weighted by atomic mass is 9.94.